The van der Waals surface area contributed by atoms with E-state index in [4.69, 9.17) is 4.84 Å². The molecule has 1 N–H and O–H groups in total. The van der Waals surface area contributed by atoms with Gasteiger partial charge in [-0.25, -0.2) is 0 Å². The number of benzene rings is 2. The lowest BCUT2D eigenvalue weighted by Gasteiger charge is -2.07. The SMILES string of the molecule is O=C(CO/N=C/c1ccccc1OC(F)F)Nc1ccccc1. The number of amides is 1. The van der Waals surface area contributed by atoms with Gasteiger partial charge in [-0.1, -0.05) is 35.5 Å². The van der Waals surface area contributed by atoms with E-state index in [9.17, 15) is 13.6 Å². The molecular formula is C16H14F2N2O3. The molecule has 5 nitrogen and oxygen atoms in total. The summed E-state index contributed by atoms with van der Waals surface area (Å²) >= 11 is 0. The summed E-state index contributed by atoms with van der Waals surface area (Å²) in [5.74, 6) is -0.408. The number of rotatable bonds is 7. The summed E-state index contributed by atoms with van der Waals surface area (Å²) in [4.78, 5) is 16.4. The van der Waals surface area contributed by atoms with Crippen molar-refractivity contribution in [2.45, 2.75) is 6.61 Å². The quantitative estimate of drug-likeness (QED) is 0.629. The molecule has 0 saturated heterocycles. The number of oxime groups is 1. The molecule has 0 aliphatic rings. The monoisotopic (exact) mass is 320 g/mol. The molecule has 0 aliphatic carbocycles. The minimum Gasteiger partial charge on any atom is -0.434 e. The van der Waals surface area contributed by atoms with E-state index in [-0.39, 0.29) is 18.3 Å². The Labute approximate surface area is 131 Å². The first-order valence-electron chi connectivity index (χ1n) is 6.69. The van der Waals surface area contributed by atoms with Gasteiger partial charge in [-0.05, 0) is 24.3 Å². The van der Waals surface area contributed by atoms with Crippen molar-refractivity contribution in [3.63, 3.8) is 0 Å². The Kier molecular flexibility index (Phi) is 6.05. The van der Waals surface area contributed by atoms with Gasteiger partial charge in [-0.2, -0.15) is 8.78 Å². The molecule has 0 unspecified atom stereocenters. The molecule has 120 valence electrons. The van der Waals surface area contributed by atoms with Crippen LogP contribution in [0.15, 0.2) is 59.8 Å². The van der Waals surface area contributed by atoms with Crippen LogP contribution in [0.5, 0.6) is 5.75 Å². The maximum atomic E-state index is 12.3. The molecule has 0 saturated carbocycles. The number of carbonyl (C=O) groups is 1. The van der Waals surface area contributed by atoms with Gasteiger partial charge in [0.15, 0.2) is 6.61 Å². The van der Waals surface area contributed by atoms with Gasteiger partial charge >= 0.3 is 6.61 Å². The zero-order valence-corrected chi connectivity index (χ0v) is 12.0. The summed E-state index contributed by atoms with van der Waals surface area (Å²) in [7, 11) is 0. The highest BCUT2D eigenvalue weighted by molar-refractivity contribution is 5.91. The van der Waals surface area contributed by atoms with Crippen molar-refractivity contribution in [3.05, 3.63) is 60.2 Å². The summed E-state index contributed by atoms with van der Waals surface area (Å²) in [6.45, 7) is -3.23. The van der Waals surface area contributed by atoms with Crippen LogP contribution in [-0.4, -0.2) is 25.3 Å². The highest BCUT2D eigenvalue weighted by Crippen LogP contribution is 2.18. The minimum atomic E-state index is -2.93. The Bertz CT molecular complexity index is 663. The van der Waals surface area contributed by atoms with Crippen LogP contribution in [-0.2, 0) is 9.63 Å². The van der Waals surface area contributed by atoms with Crippen LogP contribution in [0.25, 0.3) is 0 Å². The zero-order chi connectivity index (χ0) is 16.5. The van der Waals surface area contributed by atoms with Crippen molar-refractivity contribution in [3.8, 4) is 5.75 Å². The number of hydrogen-bond donors (Lipinski definition) is 1. The van der Waals surface area contributed by atoms with Crippen molar-refractivity contribution in [2.24, 2.45) is 5.16 Å². The van der Waals surface area contributed by atoms with E-state index >= 15 is 0 Å². The molecule has 0 aromatic heterocycles. The predicted octanol–water partition coefficient (Wildman–Crippen LogP) is 3.28. The Balaban J connectivity index is 1.84. The number of carbonyl (C=O) groups excluding carboxylic acids is 1. The molecule has 7 heteroatoms. The Hall–Kier alpha value is -2.96. The third-order valence-electron chi connectivity index (χ3n) is 2.65. The van der Waals surface area contributed by atoms with Crippen LogP contribution >= 0.6 is 0 Å². The van der Waals surface area contributed by atoms with Crippen LogP contribution in [0, 0.1) is 0 Å². The summed E-state index contributed by atoms with van der Waals surface area (Å²) < 4.78 is 28.8. The first kappa shape index (κ1) is 16.4. The van der Waals surface area contributed by atoms with Crippen LogP contribution in [0.2, 0.25) is 0 Å². The molecule has 0 spiro atoms. The van der Waals surface area contributed by atoms with Crippen molar-refractivity contribution >= 4 is 17.8 Å². The van der Waals surface area contributed by atoms with Crippen LogP contribution in [0.4, 0.5) is 14.5 Å². The van der Waals surface area contributed by atoms with E-state index in [1.807, 2.05) is 6.07 Å². The first-order valence-corrected chi connectivity index (χ1v) is 6.69. The van der Waals surface area contributed by atoms with Gasteiger partial charge in [0, 0.05) is 11.3 Å². The van der Waals surface area contributed by atoms with Gasteiger partial charge in [0.25, 0.3) is 5.91 Å². The summed E-state index contributed by atoms with van der Waals surface area (Å²) in [6, 6.07) is 15.0. The maximum absolute atomic E-state index is 12.3. The number of nitrogens with one attached hydrogen (secondary N) is 1. The molecule has 2 rings (SSSR count). The number of alkyl halides is 2. The average Bonchev–Trinajstić information content (AvgIpc) is 2.53. The van der Waals surface area contributed by atoms with Gasteiger partial charge < -0.3 is 14.9 Å². The minimum absolute atomic E-state index is 0.0245. The van der Waals surface area contributed by atoms with Gasteiger partial charge in [-0.3, -0.25) is 4.79 Å². The molecule has 0 radical (unpaired) electrons. The fraction of sp³-hybridized carbons (Fsp3) is 0.125. The lowest BCUT2D eigenvalue weighted by atomic mass is 10.2. The molecule has 0 aliphatic heterocycles. The summed E-state index contributed by atoms with van der Waals surface area (Å²) in [6.07, 6.45) is 1.20. The maximum Gasteiger partial charge on any atom is 0.387 e. The van der Waals surface area contributed by atoms with Gasteiger partial charge in [0.05, 0.1) is 6.21 Å². The molecule has 0 atom stereocenters. The van der Waals surface area contributed by atoms with E-state index < -0.39 is 6.61 Å². The Morgan fingerprint density at radius 2 is 1.83 bits per heavy atom. The lowest BCUT2D eigenvalue weighted by Crippen LogP contribution is -2.16. The fourth-order valence-corrected chi connectivity index (χ4v) is 1.70. The van der Waals surface area contributed by atoms with Gasteiger partial charge in [0.1, 0.15) is 5.75 Å². The molecule has 2 aromatic rings. The van der Waals surface area contributed by atoms with Crippen LogP contribution in [0.1, 0.15) is 5.56 Å². The van der Waals surface area contributed by atoms with Gasteiger partial charge in [-0.15, -0.1) is 0 Å². The fourth-order valence-electron chi connectivity index (χ4n) is 1.70. The summed E-state index contributed by atoms with van der Waals surface area (Å²) in [5, 5.41) is 6.20. The van der Waals surface area contributed by atoms with Crippen LogP contribution in [0.3, 0.4) is 0 Å². The molecule has 2 aromatic carbocycles. The molecule has 0 heterocycles. The van der Waals surface area contributed by atoms with E-state index in [1.165, 1.54) is 18.3 Å². The van der Waals surface area contributed by atoms with E-state index in [0.717, 1.165) is 0 Å². The molecule has 1 amide bonds. The second-order valence-electron chi connectivity index (χ2n) is 4.34. The molecule has 0 bridgehead atoms. The number of nitrogens with zero attached hydrogens (tertiary/aromatic N) is 1. The highest BCUT2D eigenvalue weighted by Gasteiger charge is 2.07. The topological polar surface area (TPSA) is 59.9 Å². The third-order valence-corrected chi connectivity index (χ3v) is 2.65. The second kappa shape index (κ2) is 8.47. The van der Waals surface area contributed by atoms with E-state index in [1.54, 1.807) is 36.4 Å². The zero-order valence-electron chi connectivity index (χ0n) is 12.0. The Morgan fingerprint density at radius 3 is 2.57 bits per heavy atom. The predicted molar refractivity (Wildman–Crippen MR) is 81.7 cm³/mol. The van der Waals surface area contributed by atoms with Gasteiger partial charge in [0.2, 0.25) is 0 Å². The molecule has 0 fully saturated rings. The largest absolute Gasteiger partial charge is 0.434 e. The van der Waals surface area contributed by atoms with Crippen molar-refractivity contribution < 1.29 is 23.1 Å². The Morgan fingerprint density at radius 1 is 1.13 bits per heavy atom. The highest BCUT2D eigenvalue weighted by atomic mass is 19.3. The number of ether oxygens (including phenoxy) is 1. The van der Waals surface area contributed by atoms with Crippen LogP contribution < -0.4 is 10.1 Å². The molecular weight excluding hydrogens is 306 g/mol. The van der Waals surface area contributed by atoms with E-state index in [2.05, 4.69) is 15.2 Å². The number of para-hydroxylation sites is 2. The molecule has 23 heavy (non-hydrogen) atoms. The van der Waals surface area contributed by atoms with Crippen molar-refractivity contribution in [2.75, 3.05) is 11.9 Å². The normalized spacial score (nSPS) is 10.7. The lowest BCUT2D eigenvalue weighted by molar-refractivity contribution is -0.120. The number of hydrogen-bond acceptors (Lipinski definition) is 4. The number of halogens is 2. The first-order chi connectivity index (χ1) is 11.1. The number of anilines is 1. The second-order valence-corrected chi connectivity index (χ2v) is 4.34. The van der Waals surface area contributed by atoms with Crippen molar-refractivity contribution in [1.29, 1.82) is 0 Å². The standard InChI is InChI=1S/C16H14F2N2O3/c17-16(18)23-14-9-5-4-6-12(14)10-19-22-11-15(21)20-13-7-2-1-3-8-13/h1-10,16H,11H2,(H,20,21)/b19-10+. The van der Waals surface area contributed by atoms with Crippen molar-refractivity contribution in [1.82, 2.24) is 0 Å². The summed E-state index contributed by atoms with van der Waals surface area (Å²) in [5.41, 5.74) is 0.956. The smallest absolute Gasteiger partial charge is 0.387 e. The van der Waals surface area contributed by atoms with E-state index in [0.29, 0.717) is 11.3 Å². The average molecular weight is 320 g/mol. The third kappa shape index (κ3) is 5.74.